The molecule has 1 saturated carbocycles. The van der Waals surface area contributed by atoms with Crippen LogP contribution in [0.25, 0.3) is 11.4 Å². The smallest absolute Gasteiger partial charge is 0.287 e. The van der Waals surface area contributed by atoms with Crippen LogP contribution in [0.1, 0.15) is 30.0 Å². The average Bonchev–Trinajstić information content (AvgIpc) is 3.20. The van der Waals surface area contributed by atoms with E-state index in [1.54, 1.807) is 0 Å². The van der Waals surface area contributed by atoms with Crippen molar-refractivity contribution in [2.24, 2.45) is 0 Å². The minimum atomic E-state index is -0.812. The maximum absolute atomic E-state index is 13.2. The summed E-state index contributed by atoms with van der Waals surface area (Å²) in [4.78, 5) is 17.9. The molecule has 1 aromatic carbocycles. The Hall–Kier alpha value is -1.97. The SMILES string of the molecule is Cc1nc(-c2ccc(C3CC3)cc2)[nH]c(=O)c1F. The third-order valence-electron chi connectivity index (χ3n) is 3.26. The van der Waals surface area contributed by atoms with Crippen LogP contribution in [0, 0.1) is 12.7 Å². The fourth-order valence-corrected chi connectivity index (χ4v) is 2.04. The Morgan fingerprint density at radius 1 is 1.28 bits per heavy atom. The van der Waals surface area contributed by atoms with Gasteiger partial charge in [0.1, 0.15) is 5.82 Å². The molecule has 2 aromatic rings. The first-order valence-electron chi connectivity index (χ1n) is 6.02. The van der Waals surface area contributed by atoms with Gasteiger partial charge < -0.3 is 4.98 Å². The van der Waals surface area contributed by atoms with Crippen LogP contribution in [0.4, 0.5) is 4.39 Å². The van der Waals surface area contributed by atoms with E-state index < -0.39 is 11.4 Å². The zero-order valence-corrected chi connectivity index (χ0v) is 10.0. The maximum atomic E-state index is 13.2. The fraction of sp³-hybridized carbons (Fsp3) is 0.286. The summed E-state index contributed by atoms with van der Waals surface area (Å²) >= 11 is 0. The van der Waals surface area contributed by atoms with Crippen molar-refractivity contribution in [3.8, 4) is 11.4 Å². The van der Waals surface area contributed by atoms with Crippen molar-refractivity contribution < 1.29 is 4.39 Å². The summed E-state index contributed by atoms with van der Waals surface area (Å²) in [5, 5.41) is 0. The Morgan fingerprint density at radius 3 is 2.50 bits per heavy atom. The summed E-state index contributed by atoms with van der Waals surface area (Å²) in [6.45, 7) is 1.49. The molecule has 3 rings (SSSR count). The highest BCUT2D eigenvalue weighted by atomic mass is 19.1. The Morgan fingerprint density at radius 2 is 1.94 bits per heavy atom. The molecule has 1 aliphatic carbocycles. The Kier molecular flexibility index (Phi) is 2.51. The summed E-state index contributed by atoms with van der Waals surface area (Å²) in [6.07, 6.45) is 2.51. The van der Waals surface area contributed by atoms with Crippen LogP contribution >= 0.6 is 0 Å². The van der Waals surface area contributed by atoms with Crippen LogP contribution in [-0.2, 0) is 0 Å². The van der Waals surface area contributed by atoms with Crippen molar-refractivity contribution in [1.29, 1.82) is 0 Å². The second kappa shape index (κ2) is 4.05. The number of H-pyrrole nitrogens is 1. The molecule has 0 atom stereocenters. The molecule has 4 heteroatoms. The molecule has 1 aromatic heterocycles. The second-order valence-electron chi connectivity index (χ2n) is 4.71. The number of aryl methyl sites for hydroxylation is 1. The molecule has 0 bridgehead atoms. The molecule has 0 amide bonds. The Labute approximate surface area is 104 Å². The van der Waals surface area contributed by atoms with Gasteiger partial charge in [0, 0.05) is 5.56 Å². The third-order valence-corrected chi connectivity index (χ3v) is 3.26. The van der Waals surface area contributed by atoms with Gasteiger partial charge in [-0.25, -0.2) is 4.98 Å². The quantitative estimate of drug-likeness (QED) is 0.882. The fourth-order valence-electron chi connectivity index (χ4n) is 2.04. The number of halogens is 1. The molecule has 0 unspecified atom stereocenters. The topological polar surface area (TPSA) is 45.8 Å². The Balaban J connectivity index is 2.01. The molecule has 3 nitrogen and oxygen atoms in total. The van der Waals surface area contributed by atoms with Crippen molar-refractivity contribution in [3.05, 3.63) is 51.7 Å². The van der Waals surface area contributed by atoms with E-state index in [1.807, 2.05) is 24.3 Å². The van der Waals surface area contributed by atoms with E-state index in [0.717, 1.165) is 5.56 Å². The summed E-state index contributed by atoms with van der Waals surface area (Å²) in [7, 11) is 0. The van der Waals surface area contributed by atoms with E-state index >= 15 is 0 Å². The first-order chi connectivity index (χ1) is 8.65. The monoisotopic (exact) mass is 244 g/mol. The van der Waals surface area contributed by atoms with Crippen LogP contribution in [0.15, 0.2) is 29.1 Å². The molecule has 1 N–H and O–H groups in total. The normalized spacial score (nSPS) is 14.8. The lowest BCUT2D eigenvalue weighted by Crippen LogP contribution is -2.15. The highest BCUT2D eigenvalue weighted by Gasteiger charge is 2.23. The van der Waals surface area contributed by atoms with Gasteiger partial charge in [-0.15, -0.1) is 0 Å². The molecule has 1 aliphatic rings. The first-order valence-corrected chi connectivity index (χ1v) is 6.02. The van der Waals surface area contributed by atoms with Crippen molar-refractivity contribution in [2.75, 3.05) is 0 Å². The highest BCUT2D eigenvalue weighted by molar-refractivity contribution is 5.55. The number of hydrogen-bond donors (Lipinski definition) is 1. The van der Waals surface area contributed by atoms with Crippen molar-refractivity contribution in [3.63, 3.8) is 0 Å². The van der Waals surface area contributed by atoms with Gasteiger partial charge in [0.15, 0.2) is 0 Å². The highest BCUT2D eigenvalue weighted by Crippen LogP contribution is 2.40. The number of nitrogens with one attached hydrogen (secondary N) is 1. The number of rotatable bonds is 2. The van der Waals surface area contributed by atoms with Gasteiger partial charge in [-0.05, 0) is 31.2 Å². The Bertz CT molecular complexity index is 642. The maximum Gasteiger partial charge on any atom is 0.287 e. The molecule has 18 heavy (non-hydrogen) atoms. The summed E-state index contributed by atoms with van der Waals surface area (Å²) < 4.78 is 13.2. The minimum absolute atomic E-state index is 0.125. The molecule has 1 heterocycles. The second-order valence-corrected chi connectivity index (χ2v) is 4.71. The lowest BCUT2D eigenvalue weighted by molar-refractivity contribution is 0.589. The molecule has 0 radical (unpaired) electrons. The van der Waals surface area contributed by atoms with Gasteiger partial charge in [-0.3, -0.25) is 4.79 Å². The number of aromatic nitrogens is 2. The summed E-state index contributed by atoms with van der Waals surface area (Å²) in [5.74, 6) is 0.301. The van der Waals surface area contributed by atoms with E-state index in [9.17, 15) is 9.18 Å². The largest absolute Gasteiger partial charge is 0.304 e. The molecule has 0 spiro atoms. The van der Waals surface area contributed by atoms with Crippen molar-refractivity contribution >= 4 is 0 Å². The number of aromatic amines is 1. The standard InChI is InChI=1S/C14H13FN2O/c1-8-12(15)14(18)17-13(16-8)11-6-4-10(5-7-11)9-2-3-9/h4-7,9H,2-3H2,1H3,(H,16,17,18). The van der Waals surface area contributed by atoms with E-state index in [-0.39, 0.29) is 5.69 Å². The van der Waals surface area contributed by atoms with Gasteiger partial charge >= 0.3 is 0 Å². The molecular formula is C14H13FN2O. The van der Waals surface area contributed by atoms with Gasteiger partial charge in [-0.2, -0.15) is 4.39 Å². The first kappa shape index (κ1) is 11.1. The molecule has 92 valence electrons. The number of benzene rings is 1. The van der Waals surface area contributed by atoms with E-state index in [2.05, 4.69) is 9.97 Å². The number of nitrogens with zero attached hydrogens (tertiary/aromatic N) is 1. The van der Waals surface area contributed by atoms with Crippen LogP contribution in [0.2, 0.25) is 0 Å². The van der Waals surface area contributed by atoms with Crippen molar-refractivity contribution in [2.45, 2.75) is 25.7 Å². The molecular weight excluding hydrogens is 231 g/mol. The van der Waals surface area contributed by atoms with Gasteiger partial charge in [-0.1, -0.05) is 24.3 Å². The average molecular weight is 244 g/mol. The van der Waals surface area contributed by atoms with Crippen LogP contribution in [0.3, 0.4) is 0 Å². The van der Waals surface area contributed by atoms with Crippen LogP contribution in [0.5, 0.6) is 0 Å². The number of hydrogen-bond acceptors (Lipinski definition) is 2. The third kappa shape index (κ3) is 1.94. The molecule has 0 aliphatic heterocycles. The lowest BCUT2D eigenvalue weighted by Gasteiger charge is -2.04. The van der Waals surface area contributed by atoms with Gasteiger partial charge in [0.05, 0.1) is 5.69 Å². The van der Waals surface area contributed by atoms with Crippen LogP contribution < -0.4 is 5.56 Å². The van der Waals surface area contributed by atoms with Gasteiger partial charge in [0.25, 0.3) is 5.56 Å². The van der Waals surface area contributed by atoms with E-state index in [0.29, 0.717) is 11.7 Å². The van der Waals surface area contributed by atoms with E-state index in [1.165, 1.54) is 25.3 Å². The zero-order chi connectivity index (χ0) is 12.7. The summed E-state index contributed by atoms with van der Waals surface area (Å²) in [6, 6.07) is 7.93. The summed E-state index contributed by atoms with van der Waals surface area (Å²) in [5.41, 5.74) is 1.53. The van der Waals surface area contributed by atoms with Crippen LogP contribution in [-0.4, -0.2) is 9.97 Å². The van der Waals surface area contributed by atoms with Crippen molar-refractivity contribution in [1.82, 2.24) is 9.97 Å². The lowest BCUT2D eigenvalue weighted by atomic mass is 10.1. The molecule has 0 saturated heterocycles. The zero-order valence-electron chi connectivity index (χ0n) is 10.0. The van der Waals surface area contributed by atoms with E-state index in [4.69, 9.17) is 0 Å². The molecule has 1 fully saturated rings. The minimum Gasteiger partial charge on any atom is -0.304 e. The van der Waals surface area contributed by atoms with Gasteiger partial charge in [0.2, 0.25) is 5.82 Å². The predicted molar refractivity (Wildman–Crippen MR) is 67.0 cm³/mol. The predicted octanol–water partition coefficient (Wildman–Crippen LogP) is 2.76.